The fraction of sp³-hybridized carbons (Fsp3) is 0.238. The average molecular weight is 444 g/mol. The van der Waals surface area contributed by atoms with Gasteiger partial charge in [0.1, 0.15) is 23.1 Å². The number of nitrogens with zero attached hydrogens (tertiary/aromatic N) is 1. The summed E-state index contributed by atoms with van der Waals surface area (Å²) in [7, 11) is -3.58. The Bertz CT molecular complexity index is 1150. The molecule has 0 aliphatic heterocycles. The van der Waals surface area contributed by atoms with Gasteiger partial charge in [0.2, 0.25) is 10.0 Å². The van der Waals surface area contributed by atoms with Crippen LogP contribution >= 0.6 is 11.3 Å². The monoisotopic (exact) mass is 443 g/mol. The van der Waals surface area contributed by atoms with Crippen molar-refractivity contribution in [2.45, 2.75) is 37.3 Å². The Kier molecular flexibility index (Phi) is 5.85. The van der Waals surface area contributed by atoms with Crippen molar-refractivity contribution in [3.05, 3.63) is 70.2 Å². The number of aryl methyl sites for hydroxylation is 1. The minimum absolute atomic E-state index is 0.0174. The van der Waals surface area contributed by atoms with E-state index in [-0.39, 0.29) is 23.2 Å². The topological polar surface area (TPSA) is 97.4 Å². The number of carbonyl (C=O) groups is 1. The van der Waals surface area contributed by atoms with Crippen LogP contribution in [0.3, 0.4) is 0 Å². The van der Waals surface area contributed by atoms with Crippen molar-refractivity contribution in [2.24, 2.45) is 0 Å². The molecule has 3 aromatic rings. The van der Waals surface area contributed by atoms with Gasteiger partial charge in [-0.25, -0.2) is 18.1 Å². The van der Waals surface area contributed by atoms with Crippen molar-refractivity contribution < 1.29 is 17.9 Å². The largest absolute Gasteiger partial charge is 0.486 e. The molecule has 30 heavy (non-hydrogen) atoms. The Morgan fingerprint density at radius 1 is 1.20 bits per heavy atom. The van der Waals surface area contributed by atoms with Crippen LogP contribution in [-0.4, -0.2) is 25.4 Å². The Morgan fingerprint density at radius 3 is 2.70 bits per heavy atom. The molecule has 9 heteroatoms. The van der Waals surface area contributed by atoms with Crippen LogP contribution in [0.4, 0.5) is 5.69 Å². The number of sulfonamides is 1. The van der Waals surface area contributed by atoms with Gasteiger partial charge in [-0.2, -0.15) is 0 Å². The number of hydrogen-bond donors (Lipinski definition) is 2. The van der Waals surface area contributed by atoms with Gasteiger partial charge in [0, 0.05) is 17.1 Å². The molecular weight excluding hydrogens is 422 g/mol. The summed E-state index contributed by atoms with van der Waals surface area (Å²) >= 11 is 1.33. The fourth-order valence-electron chi connectivity index (χ4n) is 2.69. The summed E-state index contributed by atoms with van der Waals surface area (Å²) in [6.07, 6.45) is 1.71. The van der Waals surface area contributed by atoms with Crippen molar-refractivity contribution in [2.75, 3.05) is 5.32 Å². The molecule has 1 aliphatic rings. The normalized spacial score (nSPS) is 13.8. The Morgan fingerprint density at radius 2 is 1.97 bits per heavy atom. The Hall–Kier alpha value is -2.75. The standard InChI is InChI=1S/C21H21N3O4S2/c1-14-5-9-17(10-6-14)28-12-20-23-19(13-29-20)21(25)22-16-3-2-4-18(11-16)30(26,27)24-15-7-8-15/h2-6,9-11,13,15,24H,7-8,12H2,1H3,(H,22,25). The van der Waals surface area contributed by atoms with E-state index in [2.05, 4.69) is 15.0 Å². The van der Waals surface area contributed by atoms with Crippen LogP contribution in [0.2, 0.25) is 0 Å². The second-order valence-electron chi connectivity index (χ2n) is 7.11. The van der Waals surface area contributed by atoms with Gasteiger partial charge in [0.25, 0.3) is 5.91 Å². The van der Waals surface area contributed by atoms with E-state index in [0.717, 1.165) is 24.2 Å². The number of carbonyl (C=O) groups excluding carboxylic acids is 1. The fourth-order valence-corrected chi connectivity index (χ4v) is 4.72. The first-order chi connectivity index (χ1) is 14.4. The lowest BCUT2D eigenvalue weighted by atomic mass is 10.2. The lowest BCUT2D eigenvalue weighted by Crippen LogP contribution is -2.25. The van der Waals surface area contributed by atoms with E-state index in [0.29, 0.717) is 10.7 Å². The van der Waals surface area contributed by atoms with Gasteiger partial charge in [-0.1, -0.05) is 23.8 Å². The molecule has 0 saturated heterocycles. The van der Waals surface area contributed by atoms with Gasteiger partial charge < -0.3 is 10.1 Å². The molecule has 156 valence electrons. The molecule has 4 rings (SSSR count). The zero-order valence-corrected chi connectivity index (χ0v) is 17.9. The van der Waals surface area contributed by atoms with Crippen LogP contribution in [0.15, 0.2) is 58.8 Å². The van der Waals surface area contributed by atoms with Gasteiger partial charge >= 0.3 is 0 Å². The molecular formula is C21H21N3O4S2. The third kappa shape index (κ3) is 5.24. The lowest BCUT2D eigenvalue weighted by Gasteiger charge is -2.08. The minimum Gasteiger partial charge on any atom is -0.486 e. The molecule has 0 unspecified atom stereocenters. The van der Waals surface area contributed by atoms with E-state index in [1.54, 1.807) is 17.5 Å². The molecule has 2 N–H and O–H groups in total. The van der Waals surface area contributed by atoms with E-state index in [9.17, 15) is 13.2 Å². The first kappa shape index (κ1) is 20.5. The van der Waals surface area contributed by atoms with Crippen LogP contribution in [0.5, 0.6) is 5.75 Å². The summed E-state index contributed by atoms with van der Waals surface area (Å²) in [5, 5.41) is 5.03. The summed E-state index contributed by atoms with van der Waals surface area (Å²) in [6, 6.07) is 13.9. The number of benzene rings is 2. The Balaban J connectivity index is 1.38. The highest BCUT2D eigenvalue weighted by atomic mass is 32.2. The van der Waals surface area contributed by atoms with Crippen molar-refractivity contribution in [1.82, 2.24) is 9.71 Å². The first-order valence-corrected chi connectivity index (χ1v) is 11.8. The quantitative estimate of drug-likeness (QED) is 0.553. The number of amides is 1. The maximum absolute atomic E-state index is 12.5. The van der Waals surface area contributed by atoms with Gasteiger partial charge in [-0.05, 0) is 50.1 Å². The third-order valence-electron chi connectivity index (χ3n) is 4.47. The first-order valence-electron chi connectivity index (χ1n) is 9.47. The van der Waals surface area contributed by atoms with E-state index in [4.69, 9.17) is 4.74 Å². The summed E-state index contributed by atoms with van der Waals surface area (Å²) in [5.41, 5.74) is 1.80. The predicted octanol–water partition coefficient (Wildman–Crippen LogP) is 3.72. The van der Waals surface area contributed by atoms with Crippen molar-refractivity contribution in [1.29, 1.82) is 0 Å². The molecule has 1 heterocycles. The number of anilines is 1. The number of aromatic nitrogens is 1. The molecule has 0 spiro atoms. The van der Waals surface area contributed by atoms with Crippen molar-refractivity contribution >= 4 is 33.0 Å². The molecule has 0 bridgehead atoms. The van der Waals surface area contributed by atoms with E-state index in [1.165, 1.54) is 23.5 Å². The average Bonchev–Trinajstić information content (AvgIpc) is 3.39. The minimum atomic E-state index is -3.58. The van der Waals surface area contributed by atoms with Crippen LogP contribution in [0.25, 0.3) is 0 Å². The molecule has 1 aliphatic carbocycles. The summed E-state index contributed by atoms with van der Waals surface area (Å²) in [4.78, 5) is 16.9. The highest BCUT2D eigenvalue weighted by Crippen LogP contribution is 2.23. The lowest BCUT2D eigenvalue weighted by molar-refractivity contribution is 0.102. The van der Waals surface area contributed by atoms with Crippen molar-refractivity contribution in [3.63, 3.8) is 0 Å². The smallest absolute Gasteiger partial charge is 0.275 e. The van der Waals surface area contributed by atoms with E-state index in [1.807, 2.05) is 31.2 Å². The molecule has 7 nitrogen and oxygen atoms in total. The van der Waals surface area contributed by atoms with Crippen molar-refractivity contribution in [3.8, 4) is 5.75 Å². The predicted molar refractivity (Wildman–Crippen MR) is 115 cm³/mol. The summed E-state index contributed by atoms with van der Waals surface area (Å²) in [6.45, 7) is 2.27. The van der Waals surface area contributed by atoms with Gasteiger partial charge in [0.15, 0.2) is 0 Å². The molecule has 1 fully saturated rings. The number of nitrogens with one attached hydrogen (secondary N) is 2. The maximum atomic E-state index is 12.5. The zero-order chi connectivity index (χ0) is 21.1. The highest BCUT2D eigenvalue weighted by Gasteiger charge is 2.28. The Labute approximate surface area is 179 Å². The second kappa shape index (κ2) is 8.55. The summed E-state index contributed by atoms with van der Waals surface area (Å²) < 4.78 is 33.0. The third-order valence-corrected chi connectivity index (χ3v) is 6.81. The van der Waals surface area contributed by atoms with E-state index < -0.39 is 15.9 Å². The number of hydrogen-bond acceptors (Lipinski definition) is 6. The van der Waals surface area contributed by atoms with Crippen LogP contribution < -0.4 is 14.8 Å². The second-order valence-corrected chi connectivity index (χ2v) is 9.76. The number of rotatable bonds is 8. The molecule has 1 amide bonds. The molecule has 1 saturated carbocycles. The van der Waals surface area contributed by atoms with E-state index >= 15 is 0 Å². The van der Waals surface area contributed by atoms with Gasteiger partial charge in [-0.3, -0.25) is 4.79 Å². The maximum Gasteiger partial charge on any atom is 0.275 e. The SMILES string of the molecule is Cc1ccc(OCc2nc(C(=O)Nc3cccc(S(=O)(=O)NC4CC4)c3)cs2)cc1. The van der Waals surface area contributed by atoms with Crippen LogP contribution in [-0.2, 0) is 16.6 Å². The van der Waals surface area contributed by atoms with Gasteiger partial charge in [-0.15, -0.1) is 11.3 Å². The molecule has 2 aromatic carbocycles. The molecule has 1 aromatic heterocycles. The summed E-state index contributed by atoms with van der Waals surface area (Å²) in [5.74, 6) is 0.331. The van der Waals surface area contributed by atoms with Crippen LogP contribution in [0.1, 0.15) is 33.9 Å². The van der Waals surface area contributed by atoms with Crippen LogP contribution in [0, 0.1) is 6.92 Å². The number of thiazole rings is 1. The van der Waals surface area contributed by atoms with Gasteiger partial charge in [0.05, 0.1) is 4.90 Å². The highest BCUT2D eigenvalue weighted by molar-refractivity contribution is 7.89. The number of ether oxygens (including phenoxy) is 1. The molecule has 0 atom stereocenters. The zero-order valence-electron chi connectivity index (χ0n) is 16.3. The molecule has 0 radical (unpaired) electrons.